The van der Waals surface area contributed by atoms with Crippen molar-refractivity contribution in [1.82, 2.24) is 4.90 Å². The normalized spacial score (nSPS) is 12.2. The van der Waals surface area contributed by atoms with E-state index in [1.807, 2.05) is 6.07 Å². The van der Waals surface area contributed by atoms with Crippen LogP contribution in [0.3, 0.4) is 0 Å². The van der Waals surface area contributed by atoms with E-state index in [9.17, 15) is 0 Å². The van der Waals surface area contributed by atoms with Crippen LogP contribution in [0.4, 0.5) is 0 Å². The summed E-state index contributed by atoms with van der Waals surface area (Å²) in [6.07, 6.45) is 0. The van der Waals surface area contributed by atoms with Crippen LogP contribution in [0.5, 0.6) is 0 Å². The van der Waals surface area contributed by atoms with Gasteiger partial charge in [0.2, 0.25) is 0 Å². The zero-order valence-electron chi connectivity index (χ0n) is 14.1. The number of nitrogens with zero attached hydrogens (tertiary/aromatic N) is 4. The molecule has 24 heavy (non-hydrogen) atoms. The fourth-order valence-electron chi connectivity index (χ4n) is 2.80. The lowest BCUT2D eigenvalue weighted by atomic mass is 10.0. The van der Waals surface area contributed by atoms with Crippen molar-refractivity contribution in [3.63, 3.8) is 0 Å². The van der Waals surface area contributed by atoms with Gasteiger partial charge in [-0.25, -0.2) is 0 Å². The van der Waals surface area contributed by atoms with Gasteiger partial charge in [-0.1, -0.05) is 61.4 Å². The van der Waals surface area contributed by atoms with Crippen molar-refractivity contribution >= 4 is 22.6 Å². The Morgan fingerprint density at radius 2 is 1.58 bits per heavy atom. The molecule has 0 heterocycles. The first-order chi connectivity index (χ1) is 11.6. The van der Waals surface area contributed by atoms with Gasteiger partial charge in [-0.05, 0) is 57.3 Å². The SMILES string of the molecule is CC(C)[C@@H](CN=[N+]=[N-])N(Cc1ccccc1)Cc1ccc(I)cc1. The zero-order valence-corrected chi connectivity index (χ0v) is 16.3. The van der Waals surface area contributed by atoms with Crippen molar-refractivity contribution in [1.29, 1.82) is 0 Å². The lowest BCUT2D eigenvalue weighted by molar-refractivity contribution is 0.143. The minimum atomic E-state index is 0.209. The fraction of sp³-hybridized carbons (Fsp3) is 0.368. The van der Waals surface area contributed by atoms with Crippen LogP contribution in [0.15, 0.2) is 59.7 Å². The molecule has 2 rings (SSSR count). The van der Waals surface area contributed by atoms with E-state index in [0.717, 1.165) is 13.1 Å². The van der Waals surface area contributed by atoms with Crippen molar-refractivity contribution in [3.8, 4) is 0 Å². The number of hydrogen-bond acceptors (Lipinski definition) is 2. The van der Waals surface area contributed by atoms with E-state index in [4.69, 9.17) is 5.53 Å². The van der Waals surface area contributed by atoms with Crippen LogP contribution in [0.1, 0.15) is 25.0 Å². The molecule has 0 aliphatic heterocycles. The van der Waals surface area contributed by atoms with E-state index in [1.165, 1.54) is 14.7 Å². The predicted molar refractivity (Wildman–Crippen MR) is 107 cm³/mol. The third-order valence-corrected chi connectivity index (χ3v) is 4.82. The molecule has 0 unspecified atom stereocenters. The Kier molecular flexibility index (Phi) is 7.56. The van der Waals surface area contributed by atoms with Gasteiger partial charge in [0.25, 0.3) is 0 Å². The molecule has 0 bridgehead atoms. The molecule has 2 aromatic carbocycles. The van der Waals surface area contributed by atoms with Crippen molar-refractivity contribution in [2.24, 2.45) is 11.0 Å². The summed E-state index contributed by atoms with van der Waals surface area (Å²) in [4.78, 5) is 5.38. The molecule has 126 valence electrons. The van der Waals surface area contributed by atoms with Gasteiger partial charge < -0.3 is 0 Å². The first-order valence-electron chi connectivity index (χ1n) is 8.13. The highest BCUT2D eigenvalue weighted by Crippen LogP contribution is 2.19. The monoisotopic (exact) mass is 434 g/mol. The summed E-state index contributed by atoms with van der Waals surface area (Å²) in [5.41, 5.74) is 11.3. The molecule has 5 heteroatoms. The number of benzene rings is 2. The molecule has 1 atom stereocenters. The topological polar surface area (TPSA) is 52.0 Å². The molecule has 0 fully saturated rings. The maximum Gasteiger partial charge on any atom is 0.0417 e. The van der Waals surface area contributed by atoms with Crippen molar-refractivity contribution in [3.05, 3.63) is 79.7 Å². The Morgan fingerprint density at radius 3 is 2.12 bits per heavy atom. The molecular weight excluding hydrogens is 411 g/mol. The minimum absolute atomic E-state index is 0.209. The molecule has 2 aromatic rings. The van der Waals surface area contributed by atoms with E-state index in [0.29, 0.717) is 12.5 Å². The van der Waals surface area contributed by atoms with Gasteiger partial charge in [0.1, 0.15) is 0 Å². The van der Waals surface area contributed by atoms with Crippen molar-refractivity contribution in [2.45, 2.75) is 33.0 Å². The second-order valence-corrected chi connectivity index (χ2v) is 7.49. The summed E-state index contributed by atoms with van der Waals surface area (Å²) >= 11 is 2.32. The summed E-state index contributed by atoms with van der Waals surface area (Å²) < 4.78 is 1.24. The summed E-state index contributed by atoms with van der Waals surface area (Å²) in [6.45, 7) is 6.55. The van der Waals surface area contributed by atoms with Crippen LogP contribution in [-0.4, -0.2) is 17.5 Å². The average Bonchev–Trinajstić information content (AvgIpc) is 2.58. The van der Waals surface area contributed by atoms with E-state index in [2.05, 4.69) is 99.9 Å². The van der Waals surface area contributed by atoms with Crippen LogP contribution >= 0.6 is 22.6 Å². The smallest absolute Gasteiger partial charge is 0.0417 e. The highest BCUT2D eigenvalue weighted by Gasteiger charge is 2.21. The summed E-state index contributed by atoms with van der Waals surface area (Å²) in [7, 11) is 0. The Balaban J connectivity index is 2.24. The molecule has 4 nitrogen and oxygen atoms in total. The molecule has 0 aliphatic rings. The number of rotatable bonds is 8. The first-order valence-corrected chi connectivity index (χ1v) is 9.21. The second kappa shape index (κ2) is 9.67. The zero-order chi connectivity index (χ0) is 17.4. The van der Waals surface area contributed by atoms with Gasteiger partial charge >= 0.3 is 0 Å². The molecule has 0 spiro atoms. The van der Waals surface area contributed by atoms with Crippen LogP contribution < -0.4 is 0 Å². The summed E-state index contributed by atoms with van der Waals surface area (Å²) in [5, 5.41) is 3.85. The largest absolute Gasteiger partial charge is 0.291 e. The molecule has 0 saturated heterocycles. The first kappa shape index (κ1) is 18.8. The Bertz CT molecular complexity index is 664. The van der Waals surface area contributed by atoms with Crippen LogP contribution in [0, 0.1) is 9.49 Å². The molecule has 0 N–H and O–H groups in total. The Morgan fingerprint density at radius 1 is 1.00 bits per heavy atom. The van der Waals surface area contributed by atoms with E-state index >= 15 is 0 Å². The van der Waals surface area contributed by atoms with Gasteiger partial charge in [-0.3, -0.25) is 4.90 Å². The van der Waals surface area contributed by atoms with Gasteiger partial charge in [0, 0.05) is 34.2 Å². The maximum atomic E-state index is 8.73. The summed E-state index contributed by atoms with van der Waals surface area (Å²) in [6, 6.07) is 19.3. The van der Waals surface area contributed by atoms with Crippen LogP contribution in [0.2, 0.25) is 0 Å². The number of hydrogen-bond donors (Lipinski definition) is 0. The minimum Gasteiger partial charge on any atom is -0.291 e. The highest BCUT2D eigenvalue weighted by molar-refractivity contribution is 14.1. The quantitative estimate of drug-likeness (QED) is 0.230. The van der Waals surface area contributed by atoms with Crippen LogP contribution in [0.25, 0.3) is 10.4 Å². The summed E-state index contributed by atoms with van der Waals surface area (Å²) in [5.74, 6) is 0.406. The third kappa shape index (κ3) is 5.82. The van der Waals surface area contributed by atoms with Crippen LogP contribution in [-0.2, 0) is 13.1 Å². The van der Waals surface area contributed by atoms with Gasteiger partial charge in [0.05, 0.1) is 0 Å². The van der Waals surface area contributed by atoms with Gasteiger partial charge in [-0.2, -0.15) is 0 Å². The number of halogens is 1. The fourth-order valence-corrected chi connectivity index (χ4v) is 3.16. The highest BCUT2D eigenvalue weighted by atomic mass is 127. The average molecular weight is 434 g/mol. The maximum absolute atomic E-state index is 8.73. The Labute approximate surface area is 157 Å². The molecule has 0 amide bonds. The third-order valence-electron chi connectivity index (χ3n) is 4.10. The van der Waals surface area contributed by atoms with Gasteiger partial charge in [0.15, 0.2) is 0 Å². The van der Waals surface area contributed by atoms with Crippen molar-refractivity contribution in [2.75, 3.05) is 6.54 Å². The molecule has 0 aromatic heterocycles. The number of azide groups is 1. The van der Waals surface area contributed by atoms with E-state index in [-0.39, 0.29) is 6.04 Å². The van der Waals surface area contributed by atoms with E-state index < -0.39 is 0 Å². The second-order valence-electron chi connectivity index (χ2n) is 6.24. The van der Waals surface area contributed by atoms with E-state index in [1.54, 1.807) is 0 Å². The standard InChI is InChI=1S/C19H23IN4/c1-15(2)19(12-22-23-21)24(13-16-6-4-3-5-7-16)14-17-8-10-18(20)11-9-17/h3-11,15,19H,12-14H2,1-2H3/t19-/m1/s1. The molecular formula is C19H23IN4. The predicted octanol–water partition coefficient (Wildman–Crippen LogP) is 5.63. The van der Waals surface area contributed by atoms with Gasteiger partial charge in [-0.15, -0.1) is 0 Å². The van der Waals surface area contributed by atoms with Crippen molar-refractivity contribution < 1.29 is 0 Å². The molecule has 0 radical (unpaired) electrons. The lowest BCUT2D eigenvalue weighted by Crippen LogP contribution is -2.40. The lowest BCUT2D eigenvalue weighted by Gasteiger charge is -2.34. The molecule has 0 saturated carbocycles. The Hall–Kier alpha value is -1.56. The molecule has 0 aliphatic carbocycles.